The van der Waals surface area contributed by atoms with Gasteiger partial charge in [-0.1, -0.05) is 19.4 Å². The fourth-order valence-corrected chi connectivity index (χ4v) is 2.99. The molecule has 0 spiro atoms. The predicted octanol–water partition coefficient (Wildman–Crippen LogP) is 2.42. The van der Waals surface area contributed by atoms with Gasteiger partial charge in [0, 0.05) is 26.2 Å². The standard InChI is InChI=1S/C14H26N2/c1-4-14(5-2)6-7-16(11-14)10-12(3)13-8-15-9-13/h15H,4-11H2,1-3H3. The summed E-state index contributed by atoms with van der Waals surface area (Å²) >= 11 is 0. The molecule has 0 aromatic heterocycles. The molecule has 0 aromatic carbocycles. The number of likely N-dealkylation sites (tertiary alicyclic amines) is 1. The Hall–Kier alpha value is -0.340. The largest absolute Gasteiger partial charge is 0.309 e. The first-order valence-electron chi connectivity index (χ1n) is 6.79. The van der Waals surface area contributed by atoms with Gasteiger partial charge >= 0.3 is 0 Å². The number of nitrogens with zero attached hydrogens (tertiary/aromatic N) is 1. The summed E-state index contributed by atoms with van der Waals surface area (Å²) in [6.07, 6.45) is 4.09. The molecule has 92 valence electrons. The molecule has 2 nitrogen and oxygen atoms in total. The summed E-state index contributed by atoms with van der Waals surface area (Å²) in [5, 5.41) is 3.33. The van der Waals surface area contributed by atoms with Gasteiger partial charge in [0.05, 0.1) is 0 Å². The van der Waals surface area contributed by atoms with Crippen LogP contribution < -0.4 is 5.32 Å². The summed E-state index contributed by atoms with van der Waals surface area (Å²) in [7, 11) is 0. The van der Waals surface area contributed by atoms with Crippen molar-refractivity contribution in [1.82, 2.24) is 10.2 Å². The minimum Gasteiger partial charge on any atom is -0.309 e. The van der Waals surface area contributed by atoms with Crippen molar-refractivity contribution >= 4 is 0 Å². The van der Waals surface area contributed by atoms with Gasteiger partial charge in [0.2, 0.25) is 0 Å². The Morgan fingerprint density at radius 3 is 2.44 bits per heavy atom. The molecule has 0 bridgehead atoms. The van der Waals surface area contributed by atoms with Gasteiger partial charge in [-0.2, -0.15) is 0 Å². The van der Waals surface area contributed by atoms with Crippen molar-refractivity contribution in [3.05, 3.63) is 11.1 Å². The molecule has 0 aliphatic carbocycles. The summed E-state index contributed by atoms with van der Waals surface area (Å²) in [4.78, 5) is 2.66. The number of hydrogen-bond donors (Lipinski definition) is 1. The molecule has 0 amide bonds. The molecule has 16 heavy (non-hydrogen) atoms. The lowest BCUT2D eigenvalue weighted by Crippen LogP contribution is -2.36. The number of rotatable bonds is 4. The van der Waals surface area contributed by atoms with Gasteiger partial charge in [-0.15, -0.1) is 0 Å². The molecule has 2 rings (SSSR count). The first-order chi connectivity index (χ1) is 7.69. The van der Waals surface area contributed by atoms with E-state index in [1.807, 2.05) is 0 Å². The quantitative estimate of drug-likeness (QED) is 0.735. The second kappa shape index (κ2) is 4.89. The van der Waals surface area contributed by atoms with Crippen molar-refractivity contribution in [2.24, 2.45) is 5.41 Å². The first kappa shape index (κ1) is 12.1. The Morgan fingerprint density at radius 1 is 1.31 bits per heavy atom. The maximum absolute atomic E-state index is 3.33. The van der Waals surface area contributed by atoms with E-state index < -0.39 is 0 Å². The molecular weight excluding hydrogens is 196 g/mol. The predicted molar refractivity (Wildman–Crippen MR) is 69.6 cm³/mol. The zero-order chi connectivity index (χ0) is 11.6. The summed E-state index contributed by atoms with van der Waals surface area (Å²) < 4.78 is 0. The lowest BCUT2D eigenvalue weighted by molar-refractivity contribution is 0.249. The van der Waals surface area contributed by atoms with Gasteiger partial charge in [0.15, 0.2) is 0 Å². The lowest BCUT2D eigenvalue weighted by atomic mass is 9.82. The van der Waals surface area contributed by atoms with Crippen LogP contribution in [0.15, 0.2) is 11.1 Å². The van der Waals surface area contributed by atoms with Crippen molar-refractivity contribution in [3.8, 4) is 0 Å². The monoisotopic (exact) mass is 222 g/mol. The molecule has 0 unspecified atom stereocenters. The van der Waals surface area contributed by atoms with Crippen LogP contribution in [-0.2, 0) is 0 Å². The maximum Gasteiger partial charge on any atom is 0.0193 e. The summed E-state index contributed by atoms with van der Waals surface area (Å²) in [5.74, 6) is 0. The van der Waals surface area contributed by atoms with Gasteiger partial charge < -0.3 is 5.32 Å². The molecule has 2 aliphatic rings. The molecule has 0 atom stereocenters. The molecular formula is C14H26N2. The van der Waals surface area contributed by atoms with Crippen LogP contribution in [0.3, 0.4) is 0 Å². The van der Waals surface area contributed by atoms with Crippen LogP contribution >= 0.6 is 0 Å². The van der Waals surface area contributed by atoms with E-state index in [0.29, 0.717) is 5.41 Å². The molecule has 0 radical (unpaired) electrons. The van der Waals surface area contributed by atoms with E-state index in [1.165, 1.54) is 38.9 Å². The molecule has 2 aliphatic heterocycles. The van der Waals surface area contributed by atoms with E-state index in [2.05, 4.69) is 31.0 Å². The van der Waals surface area contributed by atoms with E-state index in [9.17, 15) is 0 Å². The summed E-state index contributed by atoms with van der Waals surface area (Å²) in [6.45, 7) is 13.1. The molecule has 2 heteroatoms. The average molecular weight is 222 g/mol. The number of hydrogen-bond acceptors (Lipinski definition) is 2. The fourth-order valence-electron chi connectivity index (χ4n) is 2.99. The normalized spacial score (nSPS) is 24.6. The smallest absolute Gasteiger partial charge is 0.0193 e. The second-order valence-electron chi connectivity index (χ2n) is 5.66. The minimum absolute atomic E-state index is 0.628. The Kier molecular flexibility index (Phi) is 3.70. The molecule has 2 fully saturated rings. The third-order valence-corrected chi connectivity index (χ3v) is 4.76. The van der Waals surface area contributed by atoms with Gasteiger partial charge in [0.25, 0.3) is 0 Å². The fraction of sp³-hybridized carbons (Fsp3) is 0.857. The zero-order valence-electron chi connectivity index (χ0n) is 11.1. The SMILES string of the molecule is CCC1(CC)CCN(CC(C)=C2CNC2)C1. The van der Waals surface area contributed by atoms with Crippen LogP contribution in [0.4, 0.5) is 0 Å². The van der Waals surface area contributed by atoms with Gasteiger partial charge in [-0.25, -0.2) is 0 Å². The van der Waals surface area contributed by atoms with E-state index in [-0.39, 0.29) is 0 Å². The first-order valence-corrected chi connectivity index (χ1v) is 6.79. The van der Waals surface area contributed by atoms with Crippen molar-refractivity contribution in [3.63, 3.8) is 0 Å². The van der Waals surface area contributed by atoms with Crippen molar-refractivity contribution in [2.45, 2.75) is 40.0 Å². The zero-order valence-corrected chi connectivity index (χ0v) is 11.1. The van der Waals surface area contributed by atoms with Crippen LogP contribution in [-0.4, -0.2) is 37.6 Å². The summed E-state index contributed by atoms with van der Waals surface area (Å²) in [5.41, 5.74) is 3.88. The molecule has 1 N–H and O–H groups in total. The average Bonchev–Trinajstić information content (AvgIpc) is 2.59. The van der Waals surface area contributed by atoms with E-state index in [4.69, 9.17) is 0 Å². The van der Waals surface area contributed by atoms with Crippen molar-refractivity contribution in [1.29, 1.82) is 0 Å². The van der Waals surface area contributed by atoms with E-state index in [1.54, 1.807) is 11.1 Å². The molecule has 0 aromatic rings. The van der Waals surface area contributed by atoms with Gasteiger partial charge in [0.1, 0.15) is 0 Å². The second-order valence-corrected chi connectivity index (χ2v) is 5.66. The summed E-state index contributed by atoms with van der Waals surface area (Å²) in [6, 6.07) is 0. The lowest BCUT2D eigenvalue weighted by Gasteiger charge is -2.28. The van der Waals surface area contributed by atoms with Crippen LogP contribution in [0, 0.1) is 5.41 Å². The van der Waals surface area contributed by atoms with Crippen molar-refractivity contribution in [2.75, 3.05) is 32.7 Å². The third kappa shape index (κ3) is 2.33. The van der Waals surface area contributed by atoms with Crippen LogP contribution in [0.5, 0.6) is 0 Å². The molecule has 2 heterocycles. The highest BCUT2D eigenvalue weighted by Gasteiger charge is 2.34. The number of nitrogens with one attached hydrogen (secondary N) is 1. The minimum atomic E-state index is 0.628. The topological polar surface area (TPSA) is 15.3 Å². The highest BCUT2D eigenvalue weighted by Crippen LogP contribution is 2.37. The Bertz CT molecular complexity index is 270. The maximum atomic E-state index is 3.33. The van der Waals surface area contributed by atoms with Gasteiger partial charge in [-0.3, -0.25) is 4.90 Å². The molecule has 0 saturated carbocycles. The van der Waals surface area contributed by atoms with Gasteiger partial charge in [-0.05, 0) is 43.7 Å². The van der Waals surface area contributed by atoms with Crippen molar-refractivity contribution < 1.29 is 0 Å². The van der Waals surface area contributed by atoms with Crippen LogP contribution in [0.1, 0.15) is 40.0 Å². The van der Waals surface area contributed by atoms with Crippen LogP contribution in [0.2, 0.25) is 0 Å². The van der Waals surface area contributed by atoms with E-state index in [0.717, 1.165) is 13.1 Å². The van der Waals surface area contributed by atoms with E-state index >= 15 is 0 Å². The Morgan fingerprint density at radius 2 is 2.00 bits per heavy atom. The third-order valence-electron chi connectivity index (χ3n) is 4.76. The Labute approximate surface area is 100 Å². The Balaban J connectivity index is 1.89. The highest BCUT2D eigenvalue weighted by atomic mass is 15.2. The molecule has 2 saturated heterocycles. The highest BCUT2D eigenvalue weighted by molar-refractivity contribution is 5.22. The van der Waals surface area contributed by atoms with Crippen LogP contribution in [0.25, 0.3) is 0 Å².